The Labute approximate surface area is 157 Å². The number of hydrogen-bond donors (Lipinski definition) is 3. The van der Waals surface area contributed by atoms with Crippen LogP contribution in [-0.4, -0.2) is 44.7 Å². The van der Waals surface area contributed by atoms with E-state index in [9.17, 15) is 4.79 Å². The minimum Gasteiger partial charge on any atom is -0.496 e. The third-order valence-electron chi connectivity index (χ3n) is 4.15. The molecule has 6 nitrogen and oxygen atoms in total. The number of aryl methyl sites for hydroxylation is 1. The second-order valence-electron chi connectivity index (χ2n) is 6.37. The van der Waals surface area contributed by atoms with Crippen LogP contribution in [-0.2, 0) is 11.2 Å². The number of hydrogen-bond acceptors (Lipinski definition) is 3. The van der Waals surface area contributed by atoms with Gasteiger partial charge in [0.15, 0.2) is 5.96 Å². The molecule has 0 fully saturated rings. The zero-order valence-corrected chi connectivity index (χ0v) is 16.8. The molecular weight excluding hydrogens is 328 g/mol. The minimum atomic E-state index is 0.0469. The van der Waals surface area contributed by atoms with Gasteiger partial charge in [-0.1, -0.05) is 19.1 Å². The van der Waals surface area contributed by atoms with E-state index in [1.54, 1.807) is 7.11 Å². The Bertz CT molecular complexity index is 587. The molecule has 26 heavy (non-hydrogen) atoms. The van der Waals surface area contributed by atoms with Gasteiger partial charge in [0.2, 0.25) is 5.91 Å². The fraction of sp³-hybridized carbons (Fsp3) is 0.600. The first-order valence-corrected chi connectivity index (χ1v) is 9.45. The Morgan fingerprint density at radius 3 is 2.69 bits per heavy atom. The Morgan fingerprint density at radius 1 is 1.27 bits per heavy atom. The molecule has 0 aromatic heterocycles. The lowest BCUT2D eigenvalue weighted by atomic mass is 10.1. The summed E-state index contributed by atoms with van der Waals surface area (Å²) in [5.74, 6) is 1.70. The summed E-state index contributed by atoms with van der Waals surface area (Å²) < 4.78 is 5.37. The summed E-state index contributed by atoms with van der Waals surface area (Å²) in [5.41, 5.74) is 2.35. The molecular formula is C20H34N4O2. The molecule has 1 aromatic rings. The van der Waals surface area contributed by atoms with Crippen molar-refractivity contribution in [2.45, 2.75) is 53.0 Å². The van der Waals surface area contributed by atoms with Crippen LogP contribution in [0.15, 0.2) is 23.2 Å². The van der Waals surface area contributed by atoms with E-state index >= 15 is 0 Å². The fourth-order valence-corrected chi connectivity index (χ4v) is 2.41. The van der Waals surface area contributed by atoms with Crippen molar-refractivity contribution in [3.05, 3.63) is 29.3 Å². The molecule has 6 heteroatoms. The first-order chi connectivity index (χ1) is 12.5. The molecule has 1 aromatic carbocycles. The first kappa shape index (κ1) is 21.8. The molecule has 1 rings (SSSR count). The number of ether oxygens (including phenoxy) is 1. The van der Waals surface area contributed by atoms with Gasteiger partial charge in [0.1, 0.15) is 5.75 Å². The van der Waals surface area contributed by atoms with Crippen LogP contribution in [0.3, 0.4) is 0 Å². The second-order valence-corrected chi connectivity index (χ2v) is 6.37. The number of carbonyl (C=O) groups excluding carboxylic acids is 1. The largest absolute Gasteiger partial charge is 0.496 e. The number of aliphatic imine (C=N–C) groups is 1. The van der Waals surface area contributed by atoms with E-state index in [1.807, 2.05) is 20.8 Å². The number of nitrogens with one attached hydrogen (secondary N) is 3. The lowest BCUT2D eigenvalue weighted by Gasteiger charge is -2.13. The average Bonchev–Trinajstić information content (AvgIpc) is 2.62. The molecule has 0 aliphatic rings. The van der Waals surface area contributed by atoms with Crippen molar-refractivity contribution >= 4 is 11.9 Å². The van der Waals surface area contributed by atoms with Crippen molar-refractivity contribution in [1.82, 2.24) is 16.0 Å². The predicted octanol–water partition coefficient (Wildman–Crippen LogP) is 2.41. The smallest absolute Gasteiger partial charge is 0.222 e. The highest BCUT2D eigenvalue weighted by Crippen LogP contribution is 2.18. The molecule has 0 aliphatic carbocycles. The minimum absolute atomic E-state index is 0.0469. The molecule has 3 N–H and O–H groups in total. The summed E-state index contributed by atoms with van der Waals surface area (Å²) in [7, 11) is 1.69. The van der Waals surface area contributed by atoms with Crippen molar-refractivity contribution in [3.8, 4) is 5.75 Å². The number of benzene rings is 1. The van der Waals surface area contributed by atoms with Gasteiger partial charge >= 0.3 is 0 Å². The third kappa shape index (κ3) is 8.23. The van der Waals surface area contributed by atoms with Gasteiger partial charge in [-0.25, -0.2) is 0 Å². The lowest BCUT2D eigenvalue weighted by molar-refractivity contribution is -0.121. The van der Waals surface area contributed by atoms with E-state index in [-0.39, 0.29) is 11.9 Å². The number of carbonyl (C=O) groups is 1. The Balaban J connectivity index is 2.45. The van der Waals surface area contributed by atoms with Gasteiger partial charge in [0.05, 0.1) is 13.7 Å². The summed E-state index contributed by atoms with van der Waals surface area (Å²) in [4.78, 5) is 16.3. The van der Waals surface area contributed by atoms with Gasteiger partial charge in [-0.15, -0.1) is 0 Å². The van der Waals surface area contributed by atoms with E-state index in [4.69, 9.17) is 4.74 Å². The van der Waals surface area contributed by atoms with Gasteiger partial charge in [-0.3, -0.25) is 9.79 Å². The molecule has 0 saturated heterocycles. The Morgan fingerprint density at radius 2 is 2.04 bits per heavy atom. The Hall–Kier alpha value is -2.24. The highest BCUT2D eigenvalue weighted by atomic mass is 16.5. The van der Waals surface area contributed by atoms with Gasteiger partial charge in [0.25, 0.3) is 0 Å². The summed E-state index contributed by atoms with van der Waals surface area (Å²) in [6, 6.07) is 6.47. The SMILES string of the molecule is CCNC(=NCCC(=O)NC(C)CC)NCCc1ccc(C)c(OC)c1. The maximum atomic E-state index is 11.8. The number of amides is 1. The van der Waals surface area contributed by atoms with Gasteiger partial charge in [-0.2, -0.15) is 0 Å². The summed E-state index contributed by atoms with van der Waals surface area (Å²) in [6.07, 6.45) is 2.20. The van der Waals surface area contributed by atoms with Crippen molar-refractivity contribution in [2.75, 3.05) is 26.7 Å². The summed E-state index contributed by atoms with van der Waals surface area (Å²) in [5, 5.41) is 9.48. The van der Waals surface area contributed by atoms with E-state index in [0.717, 1.165) is 43.2 Å². The molecule has 0 saturated carbocycles. The van der Waals surface area contributed by atoms with Crippen LogP contribution in [0.2, 0.25) is 0 Å². The van der Waals surface area contributed by atoms with Crippen LogP contribution in [0.1, 0.15) is 44.7 Å². The van der Waals surface area contributed by atoms with E-state index in [1.165, 1.54) is 5.56 Å². The third-order valence-corrected chi connectivity index (χ3v) is 4.15. The molecule has 0 spiro atoms. The molecule has 1 amide bonds. The highest BCUT2D eigenvalue weighted by molar-refractivity contribution is 5.80. The number of guanidine groups is 1. The predicted molar refractivity (Wildman–Crippen MR) is 108 cm³/mol. The van der Waals surface area contributed by atoms with Crippen LogP contribution in [0.5, 0.6) is 5.75 Å². The molecule has 1 unspecified atom stereocenters. The van der Waals surface area contributed by atoms with Crippen molar-refractivity contribution in [3.63, 3.8) is 0 Å². The molecule has 0 radical (unpaired) electrons. The van der Waals surface area contributed by atoms with E-state index < -0.39 is 0 Å². The van der Waals surface area contributed by atoms with Gasteiger partial charge < -0.3 is 20.7 Å². The number of nitrogens with zero attached hydrogens (tertiary/aromatic N) is 1. The molecule has 0 bridgehead atoms. The highest BCUT2D eigenvalue weighted by Gasteiger charge is 2.05. The zero-order chi connectivity index (χ0) is 19.4. The van der Waals surface area contributed by atoms with E-state index in [0.29, 0.717) is 13.0 Å². The normalized spacial score (nSPS) is 12.4. The molecule has 1 atom stereocenters. The summed E-state index contributed by atoms with van der Waals surface area (Å²) in [6.45, 7) is 10.1. The Kier molecular flexibility index (Phi) is 10.2. The van der Waals surface area contributed by atoms with Crippen molar-refractivity contribution in [2.24, 2.45) is 4.99 Å². The first-order valence-electron chi connectivity index (χ1n) is 9.45. The van der Waals surface area contributed by atoms with Gasteiger partial charge in [0, 0.05) is 25.6 Å². The van der Waals surface area contributed by atoms with Crippen molar-refractivity contribution in [1.29, 1.82) is 0 Å². The second kappa shape index (κ2) is 12.2. The fourth-order valence-electron chi connectivity index (χ4n) is 2.41. The maximum absolute atomic E-state index is 11.8. The standard InChI is InChI=1S/C20H34N4O2/c1-6-16(4)24-19(25)11-13-23-20(21-7-2)22-12-10-17-9-8-15(3)18(14-17)26-5/h8-9,14,16H,6-7,10-13H2,1-5H3,(H,24,25)(H2,21,22,23). The quantitative estimate of drug-likeness (QED) is 0.441. The average molecular weight is 363 g/mol. The summed E-state index contributed by atoms with van der Waals surface area (Å²) >= 11 is 0. The molecule has 0 aliphatic heterocycles. The lowest BCUT2D eigenvalue weighted by Crippen LogP contribution is -2.38. The van der Waals surface area contributed by atoms with Crippen LogP contribution in [0, 0.1) is 6.92 Å². The maximum Gasteiger partial charge on any atom is 0.222 e. The topological polar surface area (TPSA) is 74.8 Å². The van der Waals surface area contributed by atoms with Crippen LogP contribution in [0.25, 0.3) is 0 Å². The zero-order valence-electron chi connectivity index (χ0n) is 16.8. The van der Waals surface area contributed by atoms with Crippen LogP contribution in [0.4, 0.5) is 0 Å². The van der Waals surface area contributed by atoms with E-state index in [2.05, 4.69) is 46.1 Å². The van der Waals surface area contributed by atoms with Gasteiger partial charge in [-0.05, 0) is 50.8 Å². The molecule has 0 heterocycles. The monoisotopic (exact) mass is 362 g/mol. The van der Waals surface area contributed by atoms with Crippen LogP contribution < -0.4 is 20.7 Å². The van der Waals surface area contributed by atoms with Crippen LogP contribution >= 0.6 is 0 Å². The van der Waals surface area contributed by atoms with Crippen molar-refractivity contribution < 1.29 is 9.53 Å². The molecule has 146 valence electrons. The number of rotatable bonds is 10. The number of methoxy groups -OCH3 is 1.